The van der Waals surface area contributed by atoms with Gasteiger partial charge < -0.3 is 10.2 Å². The number of piperidine rings is 1. The Labute approximate surface area is 146 Å². The molecule has 3 rings (SSSR count). The number of nitrogens with one attached hydrogen (secondary N) is 1. The van der Waals surface area contributed by atoms with Crippen LogP contribution in [0.1, 0.15) is 35.6 Å². The average Bonchev–Trinajstić information content (AvgIpc) is 3.01. The molecule has 0 radical (unpaired) electrons. The van der Waals surface area contributed by atoms with E-state index in [9.17, 15) is 9.59 Å². The van der Waals surface area contributed by atoms with Crippen molar-refractivity contribution in [2.75, 3.05) is 7.05 Å². The van der Waals surface area contributed by atoms with Crippen LogP contribution in [0.4, 0.5) is 0 Å². The molecule has 2 amide bonds. The Morgan fingerprint density at radius 3 is 2.71 bits per heavy atom. The minimum atomic E-state index is -0.214. The summed E-state index contributed by atoms with van der Waals surface area (Å²) in [6.07, 6.45) is 1.02. The van der Waals surface area contributed by atoms with Gasteiger partial charge in [0, 0.05) is 20.0 Å². The highest BCUT2D eigenvalue weighted by atomic mass is 32.1. The van der Waals surface area contributed by atoms with Crippen LogP contribution in [-0.4, -0.2) is 23.8 Å². The Balaban J connectivity index is 1.77. The topological polar surface area (TPSA) is 49.4 Å². The maximum atomic E-state index is 12.8. The highest BCUT2D eigenvalue weighted by Gasteiger charge is 2.38. The quantitative estimate of drug-likeness (QED) is 0.927. The fourth-order valence-corrected chi connectivity index (χ4v) is 4.16. The number of hydrogen-bond donors (Lipinski definition) is 1. The van der Waals surface area contributed by atoms with Crippen LogP contribution in [0, 0.1) is 12.8 Å². The predicted octanol–water partition coefficient (Wildman–Crippen LogP) is 3.28. The summed E-state index contributed by atoms with van der Waals surface area (Å²) in [4.78, 5) is 26.6. The zero-order valence-corrected chi connectivity index (χ0v) is 14.8. The number of rotatable bonds is 4. The highest BCUT2D eigenvalue weighted by Crippen LogP contribution is 2.35. The van der Waals surface area contributed by atoms with Gasteiger partial charge in [-0.1, -0.05) is 30.3 Å². The van der Waals surface area contributed by atoms with Crippen LogP contribution in [0.2, 0.25) is 0 Å². The molecule has 1 N–H and O–H groups in total. The largest absolute Gasteiger partial charge is 0.352 e. The number of nitrogens with zero attached hydrogens (tertiary/aromatic N) is 1. The van der Waals surface area contributed by atoms with Crippen LogP contribution in [0.25, 0.3) is 0 Å². The van der Waals surface area contributed by atoms with Gasteiger partial charge in [-0.3, -0.25) is 9.59 Å². The first-order valence-electron chi connectivity index (χ1n) is 8.18. The summed E-state index contributed by atoms with van der Waals surface area (Å²) in [5.41, 5.74) is 3.38. The molecule has 1 aromatic heterocycles. The molecule has 2 aromatic rings. The van der Waals surface area contributed by atoms with E-state index in [4.69, 9.17) is 0 Å². The first-order chi connectivity index (χ1) is 11.6. The molecule has 0 spiro atoms. The summed E-state index contributed by atoms with van der Waals surface area (Å²) in [6.45, 7) is 2.60. The van der Waals surface area contributed by atoms with Crippen LogP contribution >= 0.6 is 11.3 Å². The zero-order valence-electron chi connectivity index (χ0n) is 14.0. The molecule has 126 valence electrons. The van der Waals surface area contributed by atoms with Crippen molar-refractivity contribution in [3.63, 3.8) is 0 Å². The molecular formula is C19H22N2O2S. The van der Waals surface area contributed by atoms with Gasteiger partial charge in [0.25, 0.3) is 0 Å². The fourth-order valence-electron chi connectivity index (χ4n) is 3.30. The predicted molar refractivity (Wildman–Crippen MR) is 95.6 cm³/mol. The number of likely N-dealkylation sites (tertiary alicyclic amines) is 1. The lowest BCUT2D eigenvalue weighted by atomic mass is 9.84. The third kappa shape index (κ3) is 3.36. The number of carbonyl (C=O) groups is 2. The first-order valence-corrected chi connectivity index (χ1v) is 9.12. The minimum Gasteiger partial charge on any atom is -0.352 e. The van der Waals surface area contributed by atoms with Crippen LogP contribution in [-0.2, 0) is 16.1 Å². The van der Waals surface area contributed by atoms with Crippen molar-refractivity contribution in [3.05, 3.63) is 57.8 Å². The monoisotopic (exact) mass is 342 g/mol. The molecule has 1 aromatic carbocycles. The van der Waals surface area contributed by atoms with E-state index in [0.717, 1.165) is 11.1 Å². The van der Waals surface area contributed by atoms with Gasteiger partial charge in [-0.2, -0.15) is 11.3 Å². The molecule has 0 saturated carbocycles. The second kappa shape index (κ2) is 7.18. The second-order valence-electron chi connectivity index (χ2n) is 6.30. The third-order valence-electron chi connectivity index (χ3n) is 4.75. The molecule has 1 saturated heterocycles. The molecule has 0 aliphatic carbocycles. The lowest BCUT2D eigenvalue weighted by molar-refractivity contribution is -0.141. The van der Waals surface area contributed by atoms with Crippen molar-refractivity contribution in [1.82, 2.24) is 10.2 Å². The summed E-state index contributed by atoms with van der Waals surface area (Å²) in [5, 5.41) is 7.22. The second-order valence-corrected chi connectivity index (χ2v) is 7.05. The van der Waals surface area contributed by atoms with Crippen LogP contribution in [0.15, 0.2) is 41.1 Å². The van der Waals surface area contributed by atoms with Gasteiger partial charge >= 0.3 is 0 Å². The number of carbonyl (C=O) groups excluding carboxylic acids is 2. The van der Waals surface area contributed by atoms with Crippen molar-refractivity contribution in [1.29, 1.82) is 0 Å². The summed E-state index contributed by atoms with van der Waals surface area (Å²) in [6, 6.07) is 9.63. The van der Waals surface area contributed by atoms with E-state index in [1.54, 1.807) is 23.3 Å². The Morgan fingerprint density at radius 2 is 2.04 bits per heavy atom. The highest BCUT2D eigenvalue weighted by molar-refractivity contribution is 7.08. The molecule has 1 fully saturated rings. The molecule has 1 aliphatic rings. The number of benzene rings is 1. The minimum absolute atomic E-state index is 0.0220. The maximum absolute atomic E-state index is 12.8. The summed E-state index contributed by atoms with van der Waals surface area (Å²) >= 11 is 1.65. The third-order valence-corrected chi connectivity index (χ3v) is 5.66. The molecular weight excluding hydrogens is 320 g/mol. The van der Waals surface area contributed by atoms with Crippen molar-refractivity contribution in [2.24, 2.45) is 5.92 Å². The van der Waals surface area contributed by atoms with Gasteiger partial charge in [-0.25, -0.2) is 0 Å². The first kappa shape index (κ1) is 16.7. The van der Waals surface area contributed by atoms with Gasteiger partial charge in [-0.15, -0.1) is 0 Å². The van der Waals surface area contributed by atoms with Crippen molar-refractivity contribution < 1.29 is 9.59 Å². The smallest absolute Gasteiger partial charge is 0.225 e. The fraction of sp³-hybridized carbons (Fsp3) is 0.368. The van der Waals surface area contributed by atoms with Gasteiger partial charge in [0.05, 0.1) is 12.0 Å². The standard InChI is InChI=1S/C19H22N2O2S/c1-13-11-24-12-15(13)10-20-19(23)16-8-9-17(22)21(2)18(16)14-6-4-3-5-7-14/h3-7,11-12,16,18H,8-10H2,1-2H3,(H,20,23)/t16-,18-/m1/s1. The maximum Gasteiger partial charge on any atom is 0.225 e. The number of hydrogen-bond acceptors (Lipinski definition) is 3. The summed E-state index contributed by atoms with van der Waals surface area (Å²) in [7, 11) is 1.79. The van der Waals surface area contributed by atoms with Crippen molar-refractivity contribution in [2.45, 2.75) is 32.4 Å². The summed E-state index contributed by atoms with van der Waals surface area (Å²) < 4.78 is 0. The van der Waals surface area contributed by atoms with E-state index in [2.05, 4.69) is 23.0 Å². The lowest BCUT2D eigenvalue weighted by Crippen LogP contribution is -2.46. The molecule has 1 aliphatic heterocycles. The molecule has 0 unspecified atom stereocenters. The van der Waals surface area contributed by atoms with Gasteiger partial charge in [-0.05, 0) is 40.8 Å². The number of amides is 2. The Morgan fingerprint density at radius 1 is 1.29 bits per heavy atom. The Hall–Kier alpha value is -2.14. The van der Waals surface area contributed by atoms with Crippen molar-refractivity contribution in [3.8, 4) is 0 Å². The molecule has 24 heavy (non-hydrogen) atoms. The normalized spacial score (nSPS) is 20.9. The van der Waals surface area contributed by atoms with Gasteiger partial charge in [0.2, 0.25) is 11.8 Å². The van der Waals surface area contributed by atoms with Gasteiger partial charge in [0.1, 0.15) is 0 Å². The lowest BCUT2D eigenvalue weighted by Gasteiger charge is -2.38. The van der Waals surface area contributed by atoms with E-state index in [1.807, 2.05) is 30.3 Å². The Kier molecular flexibility index (Phi) is 5.00. The van der Waals surface area contributed by atoms with Crippen LogP contribution in [0.5, 0.6) is 0 Å². The average molecular weight is 342 g/mol. The van der Waals surface area contributed by atoms with Gasteiger partial charge in [0.15, 0.2) is 0 Å². The number of thiophene rings is 1. The van der Waals surface area contributed by atoms with E-state index in [1.165, 1.54) is 5.56 Å². The van der Waals surface area contributed by atoms with E-state index >= 15 is 0 Å². The molecule has 0 bridgehead atoms. The van der Waals surface area contributed by atoms with E-state index < -0.39 is 0 Å². The zero-order chi connectivity index (χ0) is 17.1. The Bertz CT molecular complexity index is 726. The van der Waals surface area contributed by atoms with Crippen molar-refractivity contribution >= 4 is 23.2 Å². The van der Waals surface area contributed by atoms with E-state index in [0.29, 0.717) is 19.4 Å². The SMILES string of the molecule is Cc1cscc1CNC(=O)[C@@H]1CCC(=O)N(C)[C@@H]1c1ccccc1. The molecule has 5 heteroatoms. The van der Waals surface area contributed by atoms with E-state index in [-0.39, 0.29) is 23.8 Å². The molecule has 4 nitrogen and oxygen atoms in total. The number of aryl methyl sites for hydroxylation is 1. The molecule has 2 atom stereocenters. The van der Waals surface area contributed by atoms with Crippen LogP contribution < -0.4 is 5.32 Å². The van der Waals surface area contributed by atoms with Crippen LogP contribution in [0.3, 0.4) is 0 Å². The molecule has 2 heterocycles. The summed E-state index contributed by atoms with van der Waals surface area (Å²) in [5.74, 6) is -0.0931.